The van der Waals surface area contributed by atoms with Crippen molar-refractivity contribution in [3.05, 3.63) is 35.9 Å². The van der Waals surface area contributed by atoms with Gasteiger partial charge in [0.1, 0.15) is 6.61 Å². The van der Waals surface area contributed by atoms with Gasteiger partial charge in [-0.3, -0.25) is 0 Å². The molecule has 0 bridgehead atoms. The number of nitrogens with one attached hydrogen (secondary N) is 1. The third-order valence-electron chi connectivity index (χ3n) is 4.07. The maximum atomic E-state index is 12.0. The molecule has 2 saturated heterocycles. The van der Waals surface area contributed by atoms with Crippen molar-refractivity contribution in [3.8, 4) is 0 Å². The number of amides is 1. The number of carbonyl (C=O) groups excluding carboxylic acids is 1. The zero-order chi connectivity index (χ0) is 14.5. The second-order valence-corrected chi connectivity index (χ2v) is 5.70. The van der Waals surface area contributed by atoms with Crippen LogP contribution in [0, 0.1) is 0 Å². The lowest BCUT2D eigenvalue weighted by atomic mass is 10.0. The molecule has 1 aromatic carbocycles. The Kier molecular flexibility index (Phi) is 4.72. The quantitative estimate of drug-likeness (QED) is 0.918. The smallest absolute Gasteiger partial charge is 0.410 e. The highest BCUT2D eigenvalue weighted by Crippen LogP contribution is 2.14. The minimum Gasteiger partial charge on any atom is -0.445 e. The predicted octanol–water partition coefficient (Wildman–Crippen LogP) is 1.78. The summed E-state index contributed by atoms with van der Waals surface area (Å²) in [5.41, 5.74) is 1.02. The van der Waals surface area contributed by atoms with Crippen LogP contribution in [0.5, 0.6) is 0 Å². The molecular weight excluding hydrogens is 268 g/mol. The molecule has 21 heavy (non-hydrogen) atoms. The van der Waals surface area contributed by atoms with Gasteiger partial charge in [0, 0.05) is 19.1 Å². The molecule has 2 aliphatic heterocycles. The highest BCUT2D eigenvalue weighted by Gasteiger charge is 2.27. The van der Waals surface area contributed by atoms with Crippen LogP contribution < -0.4 is 5.32 Å². The molecule has 2 fully saturated rings. The summed E-state index contributed by atoms with van der Waals surface area (Å²) in [6.45, 7) is 3.51. The van der Waals surface area contributed by atoms with Gasteiger partial charge in [-0.1, -0.05) is 30.3 Å². The van der Waals surface area contributed by atoms with Crippen molar-refractivity contribution >= 4 is 6.09 Å². The van der Waals surface area contributed by atoms with Gasteiger partial charge >= 0.3 is 6.09 Å². The average Bonchev–Trinajstić information content (AvgIpc) is 2.50. The van der Waals surface area contributed by atoms with Gasteiger partial charge in [-0.2, -0.15) is 0 Å². The first-order valence-corrected chi connectivity index (χ1v) is 7.60. The van der Waals surface area contributed by atoms with Crippen LogP contribution in [0.2, 0.25) is 0 Å². The topological polar surface area (TPSA) is 50.8 Å². The lowest BCUT2D eigenvalue weighted by Gasteiger charge is -2.36. The van der Waals surface area contributed by atoms with Crippen LogP contribution >= 0.6 is 0 Å². The van der Waals surface area contributed by atoms with Crippen molar-refractivity contribution in [3.63, 3.8) is 0 Å². The van der Waals surface area contributed by atoms with E-state index in [1.165, 1.54) is 0 Å². The lowest BCUT2D eigenvalue weighted by molar-refractivity contribution is -0.0136. The largest absolute Gasteiger partial charge is 0.445 e. The fraction of sp³-hybridized carbons (Fsp3) is 0.562. The lowest BCUT2D eigenvalue weighted by Crippen LogP contribution is -2.53. The Balaban J connectivity index is 1.38. The molecule has 1 aromatic rings. The van der Waals surface area contributed by atoms with Crippen LogP contribution in [0.15, 0.2) is 30.3 Å². The summed E-state index contributed by atoms with van der Waals surface area (Å²) >= 11 is 0. The highest BCUT2D eigenvalue weighted by molar-refractivity contribution is 5.67. The first-order chi connectivity index (χ1) is 10.3. The molecule has 0 aliphatic carbocycles. The van der Waals surface area contributed by atoms with E-state index in [2.05, 4.69) is 5.32 Å². The molecule has 0 spiro atoms. The number of piperidine rings is 1. The molecule has 0 unspecified atom stereocenters. The minimum absolute atomic E-state index is 0.204. The summed E-state index contributed by atoms with van der Waals surface area (Å²) in [7, 11) is 0. The first kappa shape index (κ1) is 14.4. The van der Waals surface area contributed by atoms with Crippen molar-refractivity contribution in [2.75, 3.05) is 26.3 Å². The molecule has 114 valence electrons. The van der Waals surface area contributed by atoms with Crippen LogP contribution in [-0.4, -0.2) is 49.4 Å². The third-order valence-corrected chi connectivity index (χ3v) is 4.07. The maximum Gasteiger partial charge on any atom is 0.410 e. The Labute approximate surface area is 125 Å². The summed E-state index contributed by atoms with van der Waals surface area (Å²) in [5.74, 6) is 0. The molecule has 5 nitrogen and oxygen atoms in total. The highest BCUT2D eigenvalue weighted by atomic mass is 16.6. The fourth-order valence-electron chi connectivity index (χ4n) is 2.70. The SMILES string of the molecule is O=C(OCc1ccccc1)N1CCC(NC2COC2)CC1. The van der Waals surface area contributed by atoms with E-state index in [9.17, 15) is 4.79 Å². The van der Waals surface area contributed by atoms with E-state index in [-0.39, 0.29) is 6.09 Å². The molecular formula is C16H22N2O3. The zero-order valence-electron chi connectivity index (χ0n) is 12.2. The second kappa shape index (κ2) is 6.91. The number of hydrogen-bond acceptors (Lipinski definition) is 4. The Morgan fingerprint density at radius 3 is 2.52 bits per heavy atom. The summed E-state index contributed by atoms with van der Waals surface area (Å²) < 4.78 is 10.5. The molecule has 2 heterocycles. The summed E-state index contributed by atoms with van der Waals surface area (Å²) in [6, 6.07) is 10.8. The van der Waals surface area contributed by atoms with Crippen molar-refractivity contribution in [2.24, 2.45) is 0 Å². The molecule has 2 aliphatic rings. The van der Waals surface area contributed by atoms with E-state index in [0.29, 0.717) is 18.7 Å². The zero-order valence-corrected chi connectivity index (χ0v) is 12.2. The normalized spacial score (nSPS) is 20.1. The van der Waals surface area contributed by atoms with E-state index in [0.717, 1.165) is 44.7 Å². The van der Waals surface area contributed by atoms with Crippen LogP contribution in [0.4, 0.5) is 4.79 Å². The molecule has 0 radical (unpaired) electrons. The van der Waals surface area contributed by atoms with Gasteiger partial charge in [0.05, 0.1) is 19.3 Å². The third kappa shape index (κ3) is 3.95. The summed E-state index contributed by atoms with van der Waals surface area (Å²) in [6.07, 6.45) is 1.76. The van der Waals surface area contributed by atoms with Crippen LogP contribution in [-0.2, 0) is 16.1 Å². The Morgan fingerprint density at radius 1 is 1.19 bits per heavy atom. The van der Waals surface area contributed by atoms with Crippen molar-refractivity contribution < 1.29 is 14.3 Å². The van der Waals surface area contributed by atoms with Gasteiger partial charge < -0.3 is 19.7 Å². The number of nitrogens with zero attached hydrogens (tertiary/aromatic N) is 1. The Morgan fingerprint density at radius 2 is 1.90 bits per heavy atom. The molecule has 0 saturated carbocycles. The van der Waals surface area contributed by atoms with Crippen molar-refractivity contribution in [2.45, 2.75) is 31.5 Å². The number of rotatable bonds is 4. The predicted molar refractivity (Wildman–Crippen MR) is 79.0 cm³/mol. The van der Waals surface area contributed by atoms with Crippen LogP contribution in [0.25, 0.3) is 0 Å². The summed E-state index contributed by atoms with van der Waals surface area (Å²) in [4.78, 5) is 13.8. The number of ether oxygens (including phenoxy) is 2. The van der Waals surface area contributed by atoms with E-state index in [1.807, 2.05) is 30.3 Å². The Hall–Kier alpha value is -1.59. The molecule has 1 N–H and O–H groups in total. The second-order valence-electron chi connectivity index (χ2n) is 5.70. The molecule has 1 amide bonds. The Bertz CT molecular complexity index is 454. The van der Waals surface area contributed by atoms with Crippen LogP contribution in [0.3, 0.4) is 0 Å². The van der Waals surface area contributed by atoms with E-state index >= 15 is 0 Å². The standard InChI is InChI=1S/C16H22N2O3/c19-16(21-10-13-4-2-1-3-5-13)18-8-6-14(7-9-18)17-15-11-20-12-15/h1-5,14-15,17H,6-12H2. The van der Waals surface area contributed by atoms with Gasteiger partial charge in [-0.15, -0.1) is 0 Å². The van der Waals surface area contributed by atoms with Gasteiger partial charge in [0.15, 0.2) is 0 Å². The van der Waals surface area contributed by atoms with Crippen LogP contribution in [0.1, 0.15) is 18.4 Å². The maximum absolute atomic E-state index is 12.0. The average molecular weight is 290 g/mol. The number of carbonyl (C=O) groups is 1. The van der Waals surface area contributed by atoms with E-state index in [4.69, 9.17) is 9.47 Å². The molecule has 0 aromatic heterocycles. The van der Waals surface area contributed by atoms with Gasteiger partial charge in [0.25, 0.3) is 0 Å². The number of likely N-dealkylation sites (tertiary alicyclic amines) is 1. The van der Waals surface area contributed by atoms with Gasteiger partial charge in [0.2, 0.25) is 0 Å². The first-order valence-electron chi connectivity index (χ1n) is 7.60. The van der Waals surface area contributed by atoms with E-state index < -0.39 is 0 Å². The van der Waals surface area contributed by atoms with Crippen molar-refractivity contribution in [1.29, 1.82) is 0 Å². The number of benzene rings is 1. The number of hydrogen-bond donors (Lipinski definition) is 1. The van der Waals surface area contributed by atoms with E-state index in [1.54, 1.807) is 4.90 Å². The molecule has 5 heteroatoms. The summed E-state index contributed by atoms with van der Waals surface area (Å²) in [5, 5.41) is 3.57. The van der Waals surface area contributed by atoms with Crippen molar-refractivity contribution in [1.82, 2.24) is 10.2 Å². The van der Waals surface area contributed by atoms with Gasteiger partial charge in [-0.25, -0.2) is 4.79 Å². The van der Waals surface area contributed by atoms with Gasteiger partial charge in [-0.05, 0) is 18.4 Å². The minimum atomic E-state index is -0.204. The monoisotopic (exact) mass is 290 g/mol. The molecule has 0 atom stereocenters. The fourth-order valence-corrected chi connectivity index (χ4v) is 2.70. The molecule has 3 rings (SSSR count).